The monoisotopic (exact) mass is 250 g/mol. The third-order valence-corrected chi connectivity index (χ3v) is 2.99. The molecule has 1 saturated heterocycles. The summed E-state index contributed by atoms with van der Waals surface area (Å²) in [7, 11) is 0. The van der Waals surface area contributed by atoms with Gasteiger partial charge in [0.05, 0.1) is 5.92 Å². The van der Waals surface area contributed by atoms with Crippen LogP contribution in [0.1, 0.15) is 44.1 Å². The molecule has 1 heterocycles. The van der Waals surface area contributed by atoms with Crippen LogP contribution < -0.4 is 0 Å². The highest BCUT2D eigenvalue weighted by Crippen LogP contribution is 2.18. The minimum Gasteiger partial charge on any atom is -0.481 e. The highest BCUT2D eigenvalue weighted by Gasteiger charge is 2.16. The van der Waals surface area contributed by atoms with Gasteiger partial charge >= 0.3 is 5.97 Å². The lowest BCUT2D eigenvalue weighted by Gasteiger charge is -2.08. The van der Waals surface area contributed by atoms with Crippen molar-refractivity contribution in [3.05, 3.63) is 35.9 Å². The molecule has 1 aromatic rings. The van der Waals surface area contributed by atoms with Gasteiger partial charge in [-0.2, -0.15) is 0 Å². The van der Waals surface area contributed by atoms with Crippen LogP contribution in [0.2, 0.25) is 0 Å². The predicted molar refractivity (Wildman–Crippen MR) is 71.8 cm³/mol. The molecule has 1 atom stereocenters. The standard InChI is InChI=1S/C10H12O2.C5H10O/c1-2-9(10(11)12)8-6-4-3-5-7-8;1-2-4-6-5-3-1/h3-7,9H,2H2,1H3,(H,11,12);1-5H2. The third-order valence-electron chi connectivity index (χ3n) is 2.99. The van der Waals surface area contributed by atoms with Crippen LogP contribution >= 0.6 is 0 Å². The first-order valence-corrected chi connectivity index (χ1v) is 6.61. The molecule has 0 radical (unpaired) electrons. The predicted octanol–water partition coefficient (Wildman–Crippen LogP) is 3.45. The summed E-state index contributed by atoms with van der Waals surface area (Å²) < 4.78 is 5.07. The smallest absolute Gasteiger partial charge is 0.310 e. The fraction of sp³-hybridized carbons (Fsp3) is 0.533. The lowest BCUT2D eigenvalue weighted by atomic mass is 9.97. The first-order valence-electron chi connectivity index (χ1n) is 6.61. The van der Waals surface area contributed by atoms with Crippen molar-refractivity contribution < 1.29 is 14.6 Å². The molecule has 1 aromatic carbocycles. The van der Waals surface area contributed by atoms with E-state index in [1.54, 1.807) is 0 Å². The third kappa shape index (κ3) is 5.32. The molecule has 100 valence electrons. The summed E-state index contributed by atoms with van der Waals surface area (Å²) >= 11 is 0. The van der Waals surface area contributed by atoms with E-state index in [1.807, 2.05) is 37.3 Å². The molecule has 3 heteroatoms. The van der Waals surface area contributed by atoms with Crippen molar-refractivity contribution in [1.82, 2.24) is 0 Å². The summed E-state index contributed by atoms with van der Waals surface area (Å²) in [5.41, 5.74) is 0.882. The molecular formula is C15H22O3. The van der Waals surface area contributed by atoms with Gasteiger partial charge < -0.3 is 9.84 Å². The van der Waals surface area contributed by atoms with Crippen molar-refractivity contribution in [3.8, 4) is 0 Å². The van der Waals surface area contributed by atoms with Crippen molar-refractivity contribution in [2.75, 3.05) is 13.2 Å². The zero-order chi connectivity index (χ0) is 13.2. The Balaban J connectivity index is 0.000000225. The van der Waals surface area contributed by atoms with Crippen LogP contribution in [0.3, 0.4) is 0 Å². The van der Waals surface area contributed by atoms with Crippen LogP contribution in [0.5, 0.6) is 0 Å². The van der Waals surface area contributed by atoms with E-state index in [0.717, 1.165) is 18.8 Å². The average molecular weight is 250 g/mol. The fourth-order valence-electron chi connectivity index (χ4n) is 1.93. The van der Waals surface area contributed by atoms with E-state index in [2.05, 4.69) is 0 Å². The minimum atomic E-state index is -0.747. The number of hydrogen-bond acceptors (Lipinski definition) is 2. The lowest BCUT2D eigenvalue weighted by Crippen LogP contribution is -2.09. The molecule has 0 spiro atoms. The van der Waals surface area contributed by atoms with E-state index in [-0.39, 0.29) is 5.92 Å². The van der Waals surface area contributed by atoms with E-state index >= 15 is 0 Å². The molecule has 0 saturated carbocycles. The molecule has 2 rings (SSSR count). The number of rotatable bonds is 3. The zero-order valence-electron chi connectivity index (χ0n) is 11.0. The largest absolute Gasteiger partial charge is 0.481 e. The molecular weight excluding hydrogens is 228 g/mol. The number of hydrogen-bond donors (Lipinski definition) is 1. The summed E-state index contributed by atoms with van der Waals surface area (Å²) in [4.78, 5) is 10.7. The van der Waals surface area contributed by atoms with Crippen LogP contribution in [0, 0.1) is 0 Å². The Morgan fingerprint density at radius 2 is 1.83 bits per heavy atom. The highest BCUT2D eigenvalue weighted by molar-refractivity contribution is 5.75. The van der Waals surface area contributed by atoms with E-state index in [0.29, 0.717) is 6.42 Å². The quantitative estimate of drug-likeness (QED) is 0.893. The van der Waals surface area contributed by atoms with E-state index < -0.39 is 5.97 Å². The minimum absolute atomic E-state index is 0.355. The number of carboxylic acid groups (broad SMARTS) is 1. The van der Waals surface area contributed by atoms with Gasteiger partial charge in [-0.05, 0) is 31.2 Å². The van der Waals surface area contributed by atoms with E-state index in [4.69, 9.17) is 9.84 Å². The van der Waals surface area contributed by atoms with E-state index in [9.17, 15) is 4.79 Å². The summed E-state index contributed by atoms with van der Waals surface area (Å²) in [5, 5.41) is 8.83. The summed E-state index contributed by atoms with van der Waals surface area (Å²) in [6.45, 7) is 3.88. The second kappa shape index (κ2) is 8.70. The lowest BCUT2D eigenvalue weighted by molar-refractivity contribution is -0.138. The second-order valence-corrected chi connectivity index (χ2v) is 4.38. The molecule has 0 amide bonds. The van der Waals surface area contributed by atoms with Gasteiger partial charge in [-0.1, -0.05) is 37.3 Å². The molecule has 0 bridgehead atoms. The number of aliphatic carboxylic acids is 1. The Morgan fingerprint density at radius 1 is 1.22 bits per heavy atom. The Kier molecular flexibility index (Phi) is 7.11. The molecule has 0 aliphatic carbocycles. The van der Waals surface area contributed by atoms with Crippen LogP contribution in [0.25, 0.3) is 0 Å². The molecule has 1 N–H and O–H groups in total. The summed E-state index contributed by atoms with van der Waals surface area (Å²) in [5.74, 6) is -1.10. The second-order valence-electron chi connectivity index (χ2n) is 4.38. The van der Waals surface area contributed by atoms with Gasteiger partial charge in [0.2, 0.25) is 0 Å². The Bertz CT molecular complexity index is 319. The van der Waals surface area contributed by atoms with Crippen LogP contribution in [-0.4, -0.2) is 24.3 Å². The Hall–Kier alpha value is -1.35. The van der Waals surface area contributed by atoms with Crippen LogP contribution in [0.15, 0.2) is 30.3 Å². The number of benzene rings is 1. The van der Waals surface area contributed by atoms with Crippen LogP contribution in [-0.2, 0) is 9.53 Å². The molecule has 3 nitrogen and oxygen atoms in total. The van der Waals surface area contributed by atoms with Gasteiger partial charge in [-0.15, -0.1) is 0 Å². The Morgan fingerprint density at radius 3 is 2.17 bits per heavy atom. The maximum absolute atomic E-state index is 10.7. The normalized spacial score (nSPS) is 16.3. The van der Waals surface area contributed by atoms with E-state index in [1.165, 1.54) is 19.3 Å². The summed E-state index contributed by atoms with van der Waals surface area (Å²) in [6.07, 6.45) is 4.57. The maximum Gasteiger partial charge on any atom is 0.310 e. The van der Waals surface area contributed by atoms with Crippen molar-refractivity contribution in [2.45, 2.75) is 38.5 Å². The van der Waals surface area contributed by atoms with Crippen molar-refractivity contribution in [1.29, 1.82) is 0 Å². The molecule has 0 aromatic heterocycles. The first-order chi connectivity index (χ1) is 8.75. The number of carbonyl (C=O) groups is 1. The fourth-order valence-corrected chi connectivity index (χ4v) is 1.93. The molecule has 1 unspecified atom stereocenters. The molecule has 1 aliphatic rings. The first kappa shape index (κ1) is 14.7. The average Bonchev–Trinajstić information content (AvgIpc) is 2.43. The molecule has 1 fully saturated rings. The summed E-state index contributed by atoms with van der Waals surface area (Å²) in [6, 6.07) is 9.31. The van der Waals surface area contributed by atoms with Gasteiger partial charge in [-0.3, -0.25) is 4.79 Å². The van der Waals surface area contributed by atoms with Gasteiger partial charge in [0.1, 0.15) is 0 Å². The van der Waals surface area contributed by atoms with Crippen molar-refractivity contribution in [3.63, 3.8) is 0 Å². The SMILES string of the molecule is C1CCOCC1.CCC(C(=O)O)c1ccccc1. The molecule has 18 heavy (non-hydrogen) atoms. The topological polar surface area (TPSA) is 46.5 Å². The van der Waals surface area contributed by atoms with Crippen LogP contribution in [0.4, 0.5) is 0 Å². The number of carboxylic acids is 1. The van der Waals surface area contributed by atoms with Gasteiger partial charge in [0.15, 0.2) is 0 Å². The maximum atomic E-state index is 10.7. The van der Waals surface area contributed by atoms with Crippen molar-refractivity contribution in [2.24, 2.45) is 0 Å². The van der Waals surface area contributed by atoms with Gasteiger partial charge in [-0.25, -0.2) is 0 Å². The molecule has 1 aliphatic heterocycles. The van der Waals surface area contributed by atoms with Gasteiger partial charge in [0, 0.05) is 13.2 Å². The number of ether oxygens (including phenoxy) is 1. The Labute approximate surface area is 109 Å². The zero-order valence-corrected chi connectivity index (χ0v) is 11.0. The van der Waals surface area contributed by atoms with Crippen molar-refractivity contribution >= 4 is 5.97 Å². The highest BCUT2D eigenvalue weighted by atomic mass is 16.5. The van der Waals surface area contributed by atoms with Gasteiger partial charge in [0.25, 0.3) is 0 Å².